The Morgan fingerprint density at radius 3 is 2.42 bits per heavy atom. The Balaban J connectivity index is 1.49. The minimum atomic E-state index is -0.543. The number of allylic oxidation sites excluding steroid dienone is 2. The predicted octanol–water partition coefficient (Wildman–Crippen LogP) is 6.63. The molecule has 0 aliphatic heterocycles. The number of carboxylic acid groups (broad SMARTS) is 1. The summed E-state index contributed by atoms with van der Waals surface area (Å²) >= 11 is 0. The van der Waals surface area contributed by atoms with Gasteiger partial charge in [0.1, 0.15) is 6.10 Å². The zero-order chi connectivity index (χ0) is 23.8. The molecule has 0 aromatic heterocycles. The van der Waals surface area contributed by atoms with Gasteiger partial charge in [-0.3, -0.25) is 9.59 Å². The lowest BCUT2D eigenvalue weighted by Crippen LogP contribution is -2.60. The van der Waals surface area contributed by atoms with Gasteiger partial charge in [-0.15, -0.1) is 0 Å². The molecule has 0 aromatic carbocycles. The summed E-state index contributed by atoms with van der Waals surface area (Å²) in [6, 6.07) is 0. The molecule has 0 bridgehead atoms. The van der Waals surface area contributed by atoms with Crippen LogP contribution >= 0.6 is 0 Å². The number of rotatable bonds is 2. The fourth-order valence-electron chi connectivity index (χ4n) is 10.4. The van der Waals surface area contributed by atoms with Crippen molar-refractivity contribution in [2.45, 2.75) is 105 Å². The summed E-state index contributed by atoms with van der Waals surface area (Å²) in [4.78, 5) is 24.3. The standard InChI is InChI=1S/C29H44O4/c1-17-7-6-13-29(26(31)32)16-11-22-20(25(17)29)8-9-24-27(4)15-12-23(33-19(3)30)18(2)21(27)10-14-28(22,24)5/h8,17-18,21-25H,6-7,9-16H2,1-5H3,(H,31,32). The van der Waals surface area contributed by atoms with Crippen LogP contribution in [0.25, 0.3) is 0 Å². The molecular formula is C29H44O4. The van der Waals surface area contributed by atoms with Crippen LogP contribution in [0.2, 0.25) is 0 Å². The first kappa shape index (κ1) is 23.4. The van der Waals surface area contributed by atoms with Gasteiger partial charge < -0.3 is 9.84 Å². The molecule has 4 nitrogen and oxygen atoms in total. The topological polar surface area (TPSA) is 63.6 Å². The quantitative estimate of drug-likeness (QED) is 0.374. The van der Waals surface area contributed by atoms with Gasteiger partial charge in [0.25, 0.3) is 0 Å². The van der Waals surface area contributed by atoms with Gasteiger partial charge in [0.05, 0.1) is 5.41 Å². The van der Waals surface area contributed by atoms with E-state index in [0.717, 1.165) is 44.9 Å². The summed E-state index contributed by atoms with van der Waals surface area (Å²) in [5.41, 5.74) is 1.52. The third-order valence-electron chi connectivity index (χ3n) is 11.8. The van der Waals surface area contributed by atoms with E-state index in [4.69, 9.17) is 4.74 Å². The Morgan fingerprint density at radius 2 is 1.73 bits per heavy atom. The van der Waals surface area contributed by atoms with Crippen LogP contribution in [0.3, 0.4) is 0 Å². The van der Waals surface area contributed by atoms with Crippen LogP contribution in [0, 0.1) is 51.8 Å². The summed E-state index contributed by atoms with van der Waals surface area (Å²) < 4.78 is 5.74. The van der Waals surface area contributed by atoms with Gasteiger partial charge in [0.2, 0.25) is 0 Å². The number of aliphatic carboxylic acids is 1. The summed E-state index contributed by atoms with van der Waals surface area (Å²) in [5, 5.41) is 10.4. The maximum Gasteiger partial charge on any atom is 0.310 e. The fraction of sp³-hybridized carbons (Fsp3) is 0.862. The summed E-state index contributed by atoms with van der Waals surface area (Å²) in [5.74, 6) is 2.18. The molecule has 5 aliphatic carbocycles. The van der Waals surface area contributed by atoms with E-state index in [0.29, 0.717) is 29.6 Å². The van der Waals surface area contributed by atoms with E-state index in [-0.39, 0.29) is 28.8 Å². The Bertz CT molecular complexity index is 862. The normalized spacial score (nSPS) is 51.2. The van der Waals surface area contributed by atoms with Crippen LogP contribution in [0.1, 0.15) is 98.8 Å². The third-order valence-corrected chi connectivity index (χ3v) is 11.8. The number of esters is 1. The number of ether oxygens (including phenoxy) is 1. The van der Waals surface area contributed by atoms with Crippen molar-refractivity contribution in [2.75, 3.05) is 0 Å². The molecule has 4 saturated carbocycles. The average Bonchev–Trinajstić information content (AvgIpc) is 2.75. The monoisotopic (exact) mass is 456 g/mol. The molecular weight excluding hydrogens is 412 g/mol. The summed E-state index contributed by atoms with van der Waals surface area (Å²) in [6.07, 6.45) is 13.2. The molecule has 4 heteroatoms. The molecule has 4 fully saturated rings. The van der Waals surface area contributed by atoms with Crippen LogP contribution in [0.4, 0.5) is 0 Å². The number of fused-ring (bicyclic) bond motifs is 7. The number of hydrogen-bond acceptors (Lipinski definition) is 3. The van der Waals surface area contributed by atoms with Crippen molar-refractivity contribution in [3.8, 4) is 0 Å². The maximum absolute atomic E-state index is 12.6. The predicted molar refractivity (Wildman–Crippen MR) is 128 cm³/mol. The van der Waals surface area contributed by atoms with E-state index in [1.807, 2.05) is 0 Å². The second-order valence-corrected chi connectivity index (χ2v) is 13.1. The number of carbonyl (C=O) groups excluding carboxylic acids is 1. The van der Waals surface area contributed by atoms with Crippen molar-refractivity contribution in [3.63, 3.8) is 0 Å². The van der Waals surface area contributed by atoms with Gasteiger partial charge >= 0.3 is 11.9 Å². The largest absolute Gasteiger partial charge is 0.481 e. The van der Waals surface area contributed by atoms with Crippen LogP contribution in [-0.4, -0.2) is 23.1 Å². The minimum absolute atomic E-state index is 0.0635. The van der Waals surface area contributed by atoms with Crippen LogP contribution in [0.5, 0.6) is 0 Å². The Kier molecular flexibility index (Phi) is 5.57. The number of carboxylic acids is 1. The molecule has 10 unspecified atom stereocenters. The number of hydrogen-bond donors (Lipinski definition) is 1. The van der Waals surface area contributed by atoms with Crippen molar-refractivity contribution in [2.24, 2.45) is 51.8 Å². The molecule has 0 amide bonds. The Labute approximate surface area is 199 Å². The summed E-state index contributed by atoms with van der Waals surface area (Å²) in [7, 11) is 0. The molecule has 0 aromatic rings. The van der Waals surface area contributed by atoms with Crippen LogP contribution in [0.15, 0.2) is 11.6 Å². The van der Waals surface area contributed by atoms with Crippen molar-refractivity contribution in [1.82, 2.24) is 0 Å². The first-order valence-electron chi connectivity index (χ1n) is 13.6. The average molecular weight is 457 g/mol. The molecule has 0 heterocycles. The zero-order valence-corrected chi connectivity index (χ0v) is 21.4. The zero-order valence-electron chi connectivity index (χ0n) is 21.4. The van der Waals surface area contributed by atoms with E-state index in [9.17, 15) is 14.7 Å². The lowest BCUT2D eigenvalue weighted by molar-refractivity contribution is -0.179. The minimum Gasteiger partial charge on any atom is -0.481 e. The molecule has 5 aliphatic rings. The van der Waals surface area contributed by atoms with Gasteiger partial charge in [0.15, 0.2) is 0 Å². The van der Waals surface area contributed by atoms with Crippen molar-refractivity contribution < 1.29 is 19.4 Å². The fourth-order valence-corrected chi connectivity index (χ4v) is 10.4. The molecule has 0 radical (unpaired) electrons. The maximum atomic E-state index is 12.6. The van der Waals surface area contributed by atoms with E-state index < -0.39 is 11.4 Å². The molecule has 1 N–H and O–H groups in total. The molecule has 10 atom stereocenters. The first-order chi connectivity index (χ1) is 15.5. The van der Waals surface area contributed by atoms with Crippen LogP contribution < -0.4 is 0 Å². The molecule has 5 rings (SSSR count). The van der Waals surface area contributed by atoms with Crippen molar-refractivity contribution in [1.29, 1.82) is 0 Å². The Hall–Kier alpha value is -1.32. The first-order valence-corrected chi connectivity index (χ1v) is 13.6. The van der Waals surface area contributed by atoms with Crippen LogP contribution in [-0.2, 0) is 14.3 Å². The molecule has 33 heavy (non-hydrogen) atoms. The molecule has 184 valence electrons. The molecule has 0 saturated heterocycles. The van der Waals surface area contributed by atoms with Gasteiger partial charge in [-0.1, -0.05) is 52.2 Å². The highest BCUT2D eigenvalue weighted by atomic mass is 16.5. The van der Waals surface area contributed by atoms with E-state index in [1.165, 1.54) is 24.8 Å². The van der Waals surface area contributed by atoms with E-state index >= 15 is 0 Å². The Morgan fingerprint density at radius 1 is 1.00 bits per heavy atom. The van der Waals surface area contributed by atoms with Gasteiger partial charge in [-0.25, -0.2) is 0 Å². The third kappa shape index (κ3) is 3.21. The van der Waals surface area contributed by atoms with E-state index in [1.54, 1.807) is 6.92 Å². The highest BCUT2D eigenvalue weighted by molar-refractivity contribution is 5.76. The SMILES string of the molecule is CC(=O)OC1CCC2(C)C(CCC3(C)C4CCC5(C(=O)O)CCCC(C)C5C4=CCC32)C1C. The lowest BCUT2D eigenvalue weighted by Gasteiger charge is -2.66. The molecule has 0 spiro atoms. The van der Waals surface area contributed by atoms with Gasteiger partial charge in [0, 0.05) is 6.92 Å². The number of carbonyl (C=O) groups is 2. The highest BCUT2D eigenvalue weighted by Crippen LogP contribution is 2.70. The van der Waals surface area contributed by atoms with Gasteiger partial charge in [-0.05, 0) is 97.7 Å². The second kappa shape index (κ2) is 7.85. The van der Waals surface area contributed by atoms with Crippen molar-refractivity contribution in [3.05, 3.63) is 11.6 Å². The summed E-state index contributed by atoms with van der Waals surface area (Å²) in [6.45, 7) is 11.3. The van der Waals surface area contributed by atoms with Gasteiger partial charge in [-0.2, -0.15) is 0 Å². The second-order valence-electron chi connectivity index (χ2n) is 13.1. The van der Waals surface area contributed by atoms with E-state index in [2.05, 4.69) is 33.8 Å². The lowest BCUT2D eigenvalue weighted by atomic mass is 9.38. The smallest absolute Gasteiger partial charge is 0.310 e. The highest BCUT2D eigenvalue weighted by Gasteiger charge is 2.64. The van der Waals surface area contributed by atoms with Crippen molar-refractivity contribution >= 4 is 11.9 Å².